The number of hydrogen-bond acceptors (Lipinski definition) is 7. The van der Waals surface area contributed by atoms with Gasteiger partial charge in [-0.1, -0.05) is 26.8 Å². The van der Waals surface area contributed by atoms with E-state index in [9.17, 15) is 10.4 Å². The number of nitrogens with zero attached hydrogens (tertiary/aromatic N) is 5. The van der Waals surface area contributed by atoms with Gasteiger partial charge in [-0.2, -0.15) is 5.26 Å². The smallest absolute Gasteiger partial charge is 0.142 e. The Labute approximate surface area is 187 Å². The normalized spacial score (nSPS) is 21.0. The third kappa shape index (κ3) is 6.17. The van der Waals surface area contributed by atoms with Gasteiger partial charge in [-0.25, -0.2) is 4.98 Å². The molecule has 0 aliphatic carbocycles. The van der Waals surface area contributed by atoms with Crippen LogP contribution in [0.15, 0.2) is 18.2 Å². The minimum absolute atomic E-state index is 0.0527. The lowest BCUT2D eigenvalue weighted by Crippen LogP contribution is -2.64. The highest BCUT2D eigenvalue weighted by Gasteiger charge is 2.42. The van der Waals surface area contributed by atoms with Crippen LogP contribution >= 0.6 is 0 Å². The molecule has 0 bridgehead atoms. The minimum Gasteiger partial charge on any atom is -0.381 e. The molecule has 2 saturated heterocycles. The van der Waals surface area contributed by atoms with Crippen LogP contribution in [0.5, 0.6) is 0 Å². The van der Waals surface area contributed by atoms with E-state index in [0.717, 1.165) is 58.2 Å². The molecular formula is C24H39N5O2. The Hall–Kier alpha value is -1.72. The van der Waals surface area contributed by atoms with E-state index in [-0.39, 0.29) is 5.54 Å². The largest absolute Gasteiger partial charge is 0.381 e. The molecule has 2 aliphatic rings. The van der Waals surface area contributed by atoms with E-state index >= 15 is 0 Å². The van der Waals surface area contributed by atoms with E-state index < -0.39 is 6.23 Å². The van der Waals surface area contributed by atoms with Crippen molar-refractivity contribution < 1.29 is 9.84 Å². The van der Waals surface area contributed by atoms with Crippen LogP contribution < -0.4 is 4.90 Å². The third-order valence-corrected chi connectivity index (χ3v) is 6.82. The predicted molar refractivity (Wildman–Crippen MR) is 123 cm³/mol. The van der Waals surface area contributed by atoms with Crippen LogP contribution in [0, 0.1) is 17.2 Å². The van der Waals surface area contributed by atoms with Crippen LogP contribution in [0.25, 0.3) is 0 Å². The molecule has 2 aliphatic heterocycles. The number of nitriles is 1. The van der Waals surface area contributed by atoms with E-state index in [0.29, 0.717) is 24.5 Å². The first-order valence-corrected chi connectivity index (χ1v) is 11.8. The van der Waals surface area contributed by atoms with E-state index in [1.165, 1.54) is 13.0 Å². The molecule has 1 N–H and O–H groups in total. The van der Waals surface area contributed by atoms with Crippen LogP contribution in [0.3, 0.4) is 0 Å². The van der Waals surface area contributed by atoms with Crippen LogP contribution in [0.2, 0.25) is 0 Å². The van der Waals surface area contributed by atoms with Gasteiger partial charge in [0.1, 0.15) is 23.8 Å². The summed E-state index contributed by atoms with van der Waals surface area (Å²) in [5.41, 5.74) is 0.327. The van der Waals surface area contributed by atoms with E-state index in [1.54, 1.807) is 6.07 Å². The number of anilines is 1. The Bertz CT molecular complexity index is 721. The van der Waals surface area contributed by atoms with Crippen molar-refractivity contribution >= 4 is 5.82 Å². The lowest BCUT2D eigenvalue weighted by atomic mass is 9.86. The van der Waals surface area contributed by atoms with Gasteiger partial charge in [0.15, 0.2) is 0 Å². The summed E-state index contributed by atoms with van der Waals surface area (Å²) in [6.07, 6.45) is 3.12. The Morgan fingerprint density at radius 1 is 1.23 bits per heavy atom. The molecule has 0 spiro atoms. The van der Waals surface area contributed by atoms with E-state index in [2.05, 4.69) is 34.7 Å². The monoisotopic (exact) mass is 429 g/mol. The minimum atomic E-state index is -0.631. The van der Waals surface area contributed by atoms with Gasteiger partial charge in [-0.3, -0.25) is 4.90 Å². The zero-order chi connectivity index (χ0) is 22.3. The molecule has 31 heavy (non-hydrogen) atoms. The number of rotatable bonds is 9. The topological polar surface area (TPSA) is 75.9 Å². The summed E-state index contributed by atoms with van der Waals surface area (Å²) in [7, 11) is 0. The van der Waals surface area contributed by atoms with Crippen molar-refractivity contribution in [3.05, 3.63) is 23.9 Å². The Kier molecular flexibility index (Phi) is 8.67. The first-order chi connectivity index (χ1) is 15.0. The Morgan fingerprint density at radius 3 is 2.55 bits per heavy atom. The first-order valence-electron chi connectivity index (χ1n) is 11.8. The van der Waals surface area contributed by atoms with Crippen LogP contribution in [0.4, 0.5) is 5.82 Å². The van der Waals surface area contributed by atoms with Crippen LogP contribution in [-0.2, 0) is 4.74 Å². The standard InChI is InChI=1S/C24H39N5O2/c1-4-23(30)29(22-7-5-6-21(18-25)26-22)19-24(9-16-31-17-10-24)28-14-12-27(13-15-28)11-8-20(2)3/h5-7,20,23,30H,4,8-17,19H2,1-3H3. The Morgan fingerprint density at radius 2 is 1.94 bits per heavy atom. The second-order valence-corrected chi connectivity index (χ2v) is 9.36. The first kappa shape index (κ1) is 23.9. The SMILES string of the molecule is CCC(O)N(CC1(N2CCN(CCC(C)C)CC2)CCOCC1)c1cccc(C#N)n1. The fraction of sp³-hybridized carbons (Fsp3) is 0.750. The van der Waals surface area contributed by atoms with E-state index in [4.69, 9.17) is 4.74 Å². The maximum Gasteiger partial charge on any atom is 0.142 e. The molecule has 7 heteroatoms. The maximum absolute atomic E-state index is 10.9. The van der Waals surface area contributed by atoms with Crippen molar-refractivity contribution in [3.8, 4) is 6.07 Å². The summed E-state index contributed by atoms with van der Waals surface area (Å²) < 4.78 is 5.74. The summed E-state index contributed by atoms with van der Waals surface area (Å²) in [4.78, 5) is 11.7. The summed E-state index contributed by atoms with van der Waals surface area (Å²) in [6, 6.07) is 7.58. The molecule has 3 rings (SSSR count). The average molecular weight is 430 g/mol. The number of aliphatic hydroxyl groups excluding tert-OH is 1. The molecule has 1 aromatic heterocycles. The van der Waals surface area contributed by atoms with Gasteiger partial charge >= 0.3 is 0 Å². The fourth-order valence-corrected chi connectivity index (χ4v) is 4.73. The van der Waals surface area contributed by atoms with Gasteiger partial charge in [-0.05, 0) is 50.3 Å². The van der Waals surface area contributed by atoms with Gasteiger partial charge in [0.25, 0.3) is 0 Å². The van der Waals surface area contributed by atoms with Gasteiger partial charge in [0, 0.05) is 51.5 Å². The number of aliphatic hydroxyl groups is 1. The van der Waals surface area contributed by atoms with Crippen LogP contribution in [0.1, 0.15) is 52.1 Å². The third-order valence-electron chi connectivity index (χ3n) is 6.82. The number of pyridine rings is 1. The lowest BCUT2D eigenvalue weighted by Gasteiger charge is -2.52. The van der Waals surface area contributed by atoms with Crippen LogP contribution in [-0.4, -0.2) is 84.1 Å². The molecule has 0 amide bonds. The average Bonchev–Trinajstić information content (AvgIpc) is 2.81. The summed E-state index contributed by atoms with van der Waals surface area (Å²) in [5, 5.41) is 20.2. The van der Waals surface area contributed by atoms with Gasteiger partial charge < -0.3 is 19.6 Å². The summed E-state index contributed by atoms with van der Waals surface area (Å²) in [6.45, 7) is 14.2. The zero-order valence-corrected chi connectivity index (χ0v) is 19.5. The predicted octanol–water partition coefficient (Wildman–Crippen LogP) is 2.70. The molecule has 2 fully saturated rings. The molecular weight excluding hydrogens is 390 g/mol. The fourth-order valence-electron chi connectivity index (χ4n) is 4.73. The van der Waals surface area contributed by atoms with Crippen molar-refractivity contribution in [1.29, 1.82) is 5.26 Å². The highest BCUT2D eigenvalue weighted by Crippen LogP contribution is 2.32. The molecule has 1 aromatic rings. The molecule has 0 radical (unpaired) electrons. The summed E-state index contributed by atoms with van der Waals surface area (Å²) >= 11 is 0. The quantitative estimate of drug-likeness (QED) is 0.605. The number of hydrogen-bond donors (Lipinski definition) is 1. The second-order valence-electron chi connectivity index (χ2n) is 9.36. The number of ether oxygens (including phenoxy) is 1. The van der Waals surface area contributed by atoms with E-state index in [1.807, 2.05) is 24.0 Å². The maximum atomic E-state index is 10.9. The zero-order valence-electron chi connectivity index (χ0n) is 19.5. The molecule has 1 atom stereocenters. The molecule has 0 saturated carbocycles. The lowest BCUT2D eigenvalue weighted by molar-refractivity contribution is -0.0472. The van der Waals surface area contributed by atoms with Gasteiger partial charge in [0.2, 0.25) is 0 Å². The molecule has 7 nitrogen and oxygen atoms in total. The van der Waals surface area contributed by atoms with Crippen molar-refractivity contribution in [3.63, 3.8) is 0 Å². The molecule has 1 unspecified atom stereocenters. The summed E-state index contributed by atoms with van der Waals surface area (Å²) in [5.74, 6) is 1.41. The second kappa shape index (κ2) is 11.2. The van der Waals surface area contributed by atoms with Crippen molar-refractivity contribution in [2.75, 3.05) is 57.4 Å². The number of aromatic nitrogens is 1. The Balaban J connectivity index is 1.78. The van der Waals surface area contributed by atoms with Crippen molar-refractivity contribution in [2.24, 2.45) is 5.92 Å². The molecule has 3 heterocycles. The molecule has 0 aromatic carbocycles. The highest BCUT2D eigenvalue weighted by molar-refractivity contribution is 5.43. The highest BCUT2D eigenvalue weighted by atomic mass is 16.5. The van der Waals surface area contributed by atoms with Gasteiger partial charge in [-0.15, -0.1) is 0 Å². The van der Waals surface area contributed by atoms with Crippen molar-refractivity contribution in [1.82, 2.24) is 14.8 Å². The van der Waals surface area contributed by atoms with Crippen molar-refractivity contribution in [2.45, 2.75) is 58.2 Å². The van der Waals surface area contributed by atoms with Gasteiger partial charge in [0.05, 0.1) is 0 Å². The number of piperazine rings is 1. The molecule has 172 valence electrons.